The third kappa shape index (κ3) is 4.20. The highest BCUT2D eigenvalue weighted by atomic mass is 16.1. The van der Waals surface area contributed by atoms with E-state index >= 15 is 0 Å². The van der Waals surface area contributed by atoms with Crippen molar-refractivity contribution in [1.29, 1.82) is 0 Å². The second-order valence-electron chi connectivity index (χ2n) is 5.51. The van der Waals surface area contributed by atoms with E-state index in [9.17, 15) is 4.79 Å². The van der Waals surface area contributed by atoms with Gasteiger partial charge in [0.05, 0.1) is 12.4 Å². The van der Waals surface area contributed by atoms with E-state index in [2.05, 4.69) is 22.2 Å². The summed E-state index contributed by atoms with van der Waals surface area (Å²) in [6.45, 7) is 3.28. The fourth-order valence-corrected chi connectivity index (χ4v) is 2.53. The number of carbonyl (C=O) groups is 1. The summed E-state index contributed by atoms with van der Waals surface area (Å²) in [5.41, 5.74) is 2.39. The molecule has 0 saturated heterocycles. The summed E-state index contributed by atoms with van der Waals surface area (Å²) in [5.74, 6) is 0.485. The third-order valence-electron chi connectivity index (χ3n) is 3.83. The first kappa shape index (κ1) is 16.6. The van der Waals surface area contributed by atoms with Crippen LogP contribution in [0.4, 0.5) is 11.5 Å². The van der Waals surface area contributed by atoms with Gasteiger partial charge in [-0.05, 0) is 24.6 Å². The second kappa shape index (κ2) is 8.06. The van der Waals surface area contributed by atoms with Crippen molar-refractivity contribution in [2.24, 2.45) is 0 Å². The van der Waals surface area contributed by atoms with Gasteiger partial charge in [0.25, 0.3) is 5.91 Å². The van der Waals surface area contributed by atoms with Gasteiger partial charge in [-0.2, -0.15) is 0 Å². The number of para-hydroxylation sites is 1. The molecule has 1 N–H and O–H groups in total. The normalized spacial score (nSPS) is 10.3. The molecule has 0 spiro atoms. The molecule has 5 heteroatoms. The average Bonchev–Trinajstić information content (AvgIpc) is 2.69. The van der Waals surface area contributed by atoms with Crippen LogP contribution in [0.5, 0.6) is 0 Å². The fourth-order valence-electron chi connectivity index (χ4n) is 2.53. The Bertz CT molecular complexity index is 804. The molecule has 0 aliphatic heterocycles. The quantitative estimate of drug-likeness (QED) is 0.750. The smallest absolute Gasteiger partial charge is 0.271 e. The summed E-state index contributed by atoms with van der Waals surface area (Å²) in [4.78, 5) is 22.9. The Hall–Kier alpha value is -3.21. The molecule has 2 aromatic carbocycles. The van der Waals surface area contributed by atoms with Crippen molar-refractivity contribution >= 4 is 17.4 Å². The van der Waals surface area contributed by atoms with Crippen LogP contribution in [-0.4, -0.2) is 22.4 Å². The van der Waals surface area contributed by atoms with Crippen molar-refractivity contribution in [2.75, 3.05) is 11.4 Å². The van der Waals surface area contributed by atoms with Crippen LogP contribution in [-0.2, 0) is 6.54 Å². The van der Waals surface area contributed by atoms with E-state index < -0.39 is 0 Å². The van der Waals surface area contributed by atoms with Gasteiger partial charge in [0.15, 0.2) is 5.82 Å². The van der Waals surface area contributed by atoms with Crippen LogP contribution in [0.2, 0.25) is 0 Å². The summed E-state index contributed by atoms with van der Waals surface area (Å²) < 4.78 is 0. The number of anilines is 2. The number of aromatic nitrogens is 2. The second-order valence-corrected chi connectivity index (χ2v) is 5.51. The maximum Gasteiger partial charge on any atom is 0.271 e. The standard InChI is InChI=1S/C20H20N4O/c1-2-24(17-11-7-4-8-12-17)19-15-21-18(14-22-19)20(25)23-13-16-9-5-3-6-10-16/h3-12,14-15H,2,13H2,1H3,(H,23,25). The number of nitrogens with one attached hydrogen (secondary N) is 1. The van der Waals surface area contributed by atoms with Crippen LogP contribution in [0.3, 0.4) is 0 Å². The van der Waals surface area contributed by atoms with Crippen LogP contribution < -0.4 is 10.2 Å². The molecule has 25 heavy (non-hydrogen) atoms. The zero-order valence-electron chi connectivity index (χ0n) is 14.1. The SMILES string of the molecule is CCN(c1ccccc1)c1cnc(C(=O)NCc2ccccc2)cn1. The van der Waals surface area contributed by atoms with Gasteiger partial charge >= 0.3 is 0 Å². The topological polar surface area (TPSA) is 58.1 Å². The van der Waals surface area contributed by atoms with E-state index in [1.165, 1.54) is 6.20 Å². The minimum Gasteiger partial charge on any atom is -0.347 e. The molecule has 0 atom stereocenters. The highest BCUT2D eigenvalue weighted by Crippen LogP contribution is 2.21. The summed E-state index contributed by atoms with van der Waals surface area (Å²) in [6.07, 6.45) is 3.15. The van der Waals surface area contributed by atoms with Gasteiger partial charge in [-0.25, -0.2) is 9.97 Å². The van der Waals surface area contributed by atoms with Crippen molar-refractivity contribution in [3.8, 4) is 0 Å². The molecule has 1 amide bonds. The van der Waals surface area contributed by atoms with E-state index in [0.29, 0.717) is 18.1 Å². The Morgan fingerprint density at radius 3 is 2.24 bits per heavy atom. The molecule has 3 aromatic rings. The maximum atomic E-state index is 12.2. The zero-order valence-corrected chi connectivity index (χ0v) is 14.1. The molecule has 3 rings (SSSR count). The molecular weight excluding hydrogens is 312 g/mol. The highest BCUT2D eigenvalue weighted by Gasteiger charge is 2.12. The zero-order chi connectivity index (χ0) is 17.5. The molecule has 0 radical (unpaired) electrons. The third-order valence-corrected chi connectivity index (χ3v) is 3.83. The van der Waals surface area contributed by atoms with Crippen LogP contribution in [0.15, 0.2) is 73.1 Å². The van der Waals surface area contributed by atoms with Crippen LogP contribution in [0, 0.1) is 0 Å². The van der Waals surface area contributed by atoms with Gasteiger partial charge in [-0.3, -0.25) is 4.79 Å². The molecule has 1 heterocycles. The minimum absolute atomic E-state index is 0.231. The highest BCUT2D eigenvalue weighted by molar-refractivity contribution is 5.92. The van der Waals surface area contributed by atoms with Crippen molar-refractivity contribution in [3.63, 3.8) is 0 Å². The number of hydrogen-bond donors (Lipinski definition) is 1. The first-order chi connectivity index (χ1) is 12.3. The van der Waals surface area contributed by atoms with Gasteiger partial charge in [0.2, 0.25) is 0 Å². The fraction of sp³-hybridized carbons (Fsp3) is 0.150. The molecule has 0 fully saturated rings. The van der Waals surface area contributed by atoms with E-state index in [1.807, 2.05) is 65.6 Å². The molecule has 5 nitrogen and oxygen atoms in total. The molecular formula is C20H20N4O. The predicted molar refractivity (Wildman–Crippen MR) is 98.8 cm³/mol. The van der Waals surface area contributed by atoms with E-state index in [1.54, 1.807) is 6.20 Å². The van der Waals surface area contributed by atoms with Crippen LogP contribution >= 0.6 is 0 Å². The number of carbonyl (C=O) groups excluding carboxylic acids is 1. The number of nitrogens with zero attached hydrogens (tertiary/aromatic N) is 3. The Kier molecular flexibility index (Phi) is 5.36. The first-order valence-electron chi connectivity index (χ1n) is 8.24. The number of hydrogen-bond acceptors (Lipinski definition) is 4. The Labute approximate surface area is 147 Å². The van der Waals surface area contributed by atoms with E-state index in [-0.39, 0.29) is 5.91 Å². The number of benzene rings is 2. The molecule has 0 bridgehead atoms. The summed E-state index contributed by atoms with van der Waals surface area (Å²) >= 11 is 0. The van der Waals surface area contributed by atoms with Crippen molar-refractivity contribution in [3.05, 3.63) is 84.3 Å². The molecule has 126 valence electrons. The van der Waals surface area contributed by atoms with Crippen molar-refractivity contribution in [2.45, 2.75) is 13.5 Å². The minimum atomic E-state index is -0.231. The Balaban J connectivity index is 1.68. The monoisotopic (exact) mass is 332 g/mol. The average molecular weight is 332 g/mol. The lowest BCUT2D eigenvalue weighted by atomic mass is 10.2. The van der Waals surface area contributed by atoms with Crippen LogP contribution in [0.1, 0.15) is 23.0 Å². The van der Waals surface area contributed by atoms with Gasteiger partial charge in [-0.1, -0.05) is 48.5 Å². The van der Waals surface area contributed by atoms with Gasteiger partial charge in [0, 0.05) is 18.8 Å². The van der Waals surface area contributed by atoms with E-state index in [0.717, 1.165) is 17.8 Å². The summed E-state index contributed by atoms with van der Waals surface area (Å²) in [7, 11) is 0. The summed E-state index contributed by atoms with van der Waals surface area (Å²) in [6, 6.07) is 19.7. The molecule has 0 unspecified atom stereocenters. The Morgan fingerprint density at radius 1 is 0.960 bits per heavy atom. The van der Waals surface area contributed by atoms with E-state index in [4.69, 9.17) is 0 Å². The maximum absolute atomic E-state index is 12.2. The van der Waals surface area contributed by atoms with Gasteiger partial charge in [-0.15, -0.1) is 0 Å². The lowest BCUT2D eigenvalue weighted by Gasteiger charge is -2.21. The molecule has 0 aliphatic carbocycles. The Morgan fingerprint density at radius 2 is 1.64 bits per heavy atom. The van der Waals surface area contributed by atoms with Crippen molar-refractivity contribution in [1.82, 2.24) is 15.3 Å². The van der Waals surface area contributed by atoms with Crippen molar-refractivity contribution < 1.29 is 4.79 Å². The molecule has 0 aliphatic rings. The number of rotatable bonds is 6. The predicted octanol–water partition coefficient (Wildman–Crippen LogP) is 3.56. The van der Waals surface area contributed by atoms with Gasteiger partial charge in [0.1, 0.15) is 5.69 Å². The lowest BCUT2D eigenvalue weighted by molar-refractivity contribution is 0.0945. The largest absolute Gasteiger partial charge is 0.347 e. The summed E-state index contributed by atoms with van der Waals surface area (Å²) in [5, 5.41) is 2.85. The van der Waals surface area contributed by atoms with Crippen LogP contribution in [0.25, 0.3) is 0 Å². The lowest BCUT2D eigenvalue weighted by Crippen LogP contribution is -2.24. The number of amides is 1. The van der Waals surface area contributed by atoms with Gasteiger partial charge < -0.3 is 10.2 Å². The molecule has 1 aromatic heterocycles. The molecule has 0 saturated carbocycles. The first-order valence-corrected chi connectivity index (χ1v) is 8.24.